The van der Waals surface area contributed by atoms with Gasteiger partial charge in [0, 0.05) is 26.2 Å². The zero-order valence-corrected chi connectivity index (χ0v) is 13.1. The van der Waals surface area contributed by atoms with Crippen molar-refractivity contribution < 1.29 is 0 Å². The predicted octanol–water partition coefficient (Wildman–Crippen LogP) is 2.06. The molecule has 4 nitrogen and oxygen atoms in total. The molecule has 0 radical (unpaired) electrons. The zero-order valence-electron chi connectivity index (χ0n) is 13.1. The van der Waals surface area contributed by atoms with E-state index in [9.17, 15) is 5.26 Å². The summed E-state index contributed by atoms with van der Waals surface area (Å²) >= 11 is 0. The summed E-state index contributed by atoms with van der Waals surface area (Å²) in [5.41, 5.74) is 2.97. The van der Waals surface area contributed by atoms with Crippen LogP contribution in [-0.4, -0.2) is 45.7 Å². The van der Waals surface area contributed by atoms with Gasteiger partial charge in [-0.2, -0.15) is 5.26 Å². The first kappa shape index (κ1) is 16.5. The summed E-state index contributed by atoms with van der Waals surface area (Å²) in [5.74, 6) is 0. The second kappa shape index (κ2) is 8.57. The van der Waals surface area contributed by atoms with Gasteiger partial charge in [0.25, 0.3) is 0 Å². The van der Waals surface area contributed by atoms with E-state index in [-0.39, 0.29) is 0 Å². The minimum Gasteiger partial charge on any atom is -0.369 e. The standard InChI is InChI=1S/C16H26N4/c1-5-8-20(10-9-19(3)4)16-7-6-14(13-18-2)11-15(16)12-17/h6-7,11,18H,5,8-10,13H2,1-4H3. The van der Waals surface area contributed by atoms with Crippen LogP contribution in [0.2, 0.25) is 0 Å². The molecule has 0 spiro atoms. The number of rotatable bonds is 8. The lowest BCUT2D eigenvalue weighted by atomic mass is 10.1. The van der Waals surface area contributed by atoms with E-state index in [0.717, 1.165) is 49.4 Å². The van der Waals surface area contributed by atoms with Crippen LogP contribution in [0.4, 0.5) is 5.69 Å². The summed E-state index contributed by atoms with van der Waals surface area (Å²) in [5, 5.41) is 12.5. The highest BCUT2D eigenvalue weighted by Crippen LogP contribution is 2.22. The predicted molar refractivity (Wildman–Crippen MR) is 85.0 cm³/mol. The molecule has 0 atom stereocenters. The Hall–Kier alpha value is -1.57. The zero-order chi connectivity index (χ0) is 15.0. The molecule has 0 bridgehead atoms. The highest BCUT2D eigenvalue weighted by molar-refractivity contribution is 5.60. The topological polar surface area (TPSA) is 42.3 Å². The molecule has 1 N–H and O–H groups in total. The molecule has 0 aromatic heterocycles. The average molecular weight is 274 g/mol. The molecule has 110 valence electrons. The van der Waals surface area contributed by atoms with Crippen molar-refractivity contribution in [2.75, 3.05) is 45.7 Å². The summed E-state index contributed by atoms with van der Waals surface area (Å²) < 4.78 is 0. The van der Waals surface area contributed by atoms with E-state index in [1.165, 1.54) is 0 Å². The molecule has 0 aliphatic rings. The van der Waals surface area contributed by atoms with Crippen LogP contribution in [0.5, 0.6) is 0 Å². The van der Waals surface area contributed by atoms with Gasteiger partial charge in [0.05, 0.1) is 11.3 Å². The maximum Gasteiger partial charge on any atom is 0.101 e. The molecule has 0 aliphatic heterocycles. The number of nitrogens with one attached hydrogen (secondary N) is 1. The van der Waals surface area contributed by atoms with Gasteiger partial charge in [0.15, 0.2) is 0 Å². The maximum absolute atomic E-state index is 9.40. The molecule has 0 saturated heterocycles. The van der Waals surface area contributed by atoms with Gasteiger partial charge in [-0.15, -0.1) is 0 Å². The Morgan fingerprint density at radius 1 is 1.20 bits per heavy atom. The Morgan fingerprint density at radius 3 is 2.50 bits per heavy atom. The Kier molecular flexibility index (Phi) is 7.06. The quantitative estimate of drug-likeness (QED) is 0.788. The molecule has 0 heterocycles. The lowest BCUT2D eigenvalue weighted by molar-refractivity contribution is 0.413. The number of likely N-dealkylation sites (N-methyl/N-ethyl adjacent to an activating group) is 1. The van der Waals surface area contributed by atoms with Crippen LogP contribution in [-0.2, 0) is 6.54 Å². The minimum absolute atomic E-state index is 0.768. The average Bonchev–Trinajstić information content (AvgIpc) is 2.43. The van der Waals surface area contributed by atoms with Crippen LogP contribution in [0.1, 0.15) is 24.5 Å². The van der Waals surface area contributed by atoms with Gasteiger partial charge < -0.3 is 15.1 Å². The van der Waals surface area contributed by atoms with Crippen molar-refractivity contribution in [2.45, 2.75) is 19.9 Å². The van der Waals surface area contributed by atoms with E-state index >= 15 is 0 Å². The van der Waals surface area contributed by atoms with Crippen LogP contribution in [0.25, 0.3) is 0 Å². The van der Waals surface area contributed by atoms with E-state index in [1.54, 1.807) is 0 Å². The van der Waals surface area contributed by atoms with Gasteiger partial charge >= 0.3 is 0 Å². The van der Waals surface area contributed by atoms with Crippen molar-refractivity contribution >= 4 is 5.69 Å². The molecule has 20 heavy (non-hydrogen) atoms. The van der Waals surface area contributed by atoms with E-state index in [1.807, 2.05) is 13.1 Å². The Morgan fingerprint density at radius 2 is 1.95 bits per heavy atom. The molecule has 1 aromatic carbocycles. The van der Waals surface area contributed by atoms with Crippen molar-refractivity contribution in [3.05, 3.63) is 29.3 Å². The second-order valence-electron chi connectivity index (χ2n) is 5.28. The molecular formula is C16H26N4. The molecule has 4 heteroatoms. The second-order valence-corrected chi connectivity index (χ2v) is 5.28. The van der Waals surface area contributed by atoms with Gasteiger partial charge in [-0.1, -0.05) is 13.0 Å². The largest absolute Gasteiger partial charge is 0.369 e. The summed E-state index contributed by atoms with van der Waals surface area (Å²) in [6.07, 6.45) is 1.08. The smallest absolute Gasteiger partial charge is 0.101 e. The van der Waals surface area contributed by atoms with Crippen molar-refractivity contribution in [3.8, 4) is 6.07 Å². The summed E-state index contributed by atoms with van der Waals surface area (Å²) in [6, 6.07) is 8.51. The van der Waals surface area contributed by atoms with Crippen LogP contribution >= 0.6 is 0 Å². The first-order valence-electron chi connectivity index (χ1n) is 7.19. The first-order chi connectivity index (χ1) is 9.62. The molecule has 0 fully saturated rings. The molecule has 0 aliphatic carbocycles. The lowest BCUT2D eigenvalue weighted by Crippen LogP contribution is -2.32. The molecular weight excluding hydrogens is 248 g/mol. The van der Waals surface area contributed by atoms with E-state index in [0.29, 0.717) is 0 Å². The third kappa shape index (κ3) is 4.84. The molecule has 1 rings (SSSR count). The number of hydrogen-bond acceptors (Lipinski definition) is 4. The fourth-order valence-corrected chi connectivity index (χ4v) is 2.21. The van der Waals surface area contributed by atoms with Crippen molar-refractivity contribution in [1.82, 2.24) is 10.2 Å². The van der Waals surface area contributed by atoms with Gasteiger partial charge in [0.1, 0.15) is 6.07 Å². The first-order valence-corrected chi connectivity index (χ1v) is 7.19. The van der Waals surface area contributed by atoms with E-state index in [2.05, 4.69) is 54.3 Å². The number of benzene rings is 1. The maximum atomic E-state index is 9.40. The molecule has 0 unspecified atom stereocenters. The van der Waals surface area contributed by atoms with Crippen LogP contribution in [0.15, 0.2) is 18.2 Å². The minimum atomic E-state index is 0.768. The number of anilines is 1. The van der Waals surface area contributed by atoms with Gasteiger partial charge in [-0.3, -0.25) is 0 Å². The molecule has 0 saturated carbocycles. The van der Waals surface area contributed by atoms with Gasteiger partial charge in [-0.05, 0) is 45.3 Å². The normalized spacial score (nSPS) is 10.6. The van der Waals surface area contributed by atoms with Crippen molar-refractivity contribution in [3.63, 3.8) is 0 Å². The Labute approximate surface area is 123 Å². The SMILES string of the molecule is CCCN(CCN(C)C)c1ccc(CNC)cc1C#N. The molecule has 0 amide bonds. The van der Waals surface area contributed by atoms with Gasteiger partial charge in [0.2, 0.25) is 0 Å². The third-order valence-corrected chi connectivity index (χ3v) is 3.21. The third-order valence-electron chi connectivity index (χ3n) is 3.21. The summed E-state index contributed by atoms with van der Waals surface area (Å²) in [4.78, 5) is 4.48. The Bertz CT molecular complexity index is 448. The van der Waals surface area contributed by atoms with Crippen molar-refractivity contribution in [2.24, 2.45) is 0 Å². The van der Waals surface area contributed by atoms with Gasteiger partial charge in [-0.25, -0.2) is 0 Å². The lowest BCUT2D eigenvalue weighted by Gasteiger charge is -2.27. The highest BCUT2D eigenvalue weighted by Gasteiger charge is 2.11. The van der Waals surface area contributed by atoms with Crippen LogP contribution in [0.3, 0.4) is 0 Å². The monoisotopic (exact) mass is 274 g/mol. The summed E-state index contributed by atoms with van der Waals surface area (Å²) in [7, 11) is 6.07. The van der Waals surface area contributed by atoms with Crippen LogP contribution in [0, 0.1) is 11.3 Å². The fraction of sp³-hybridized carbons (Fsp3) is 0.562. The van der Waals surface area contributed by atoms with Crippen LogP contribution < -0.4 is 10.2 Å². The van der Waals surface area contributed by atoms with E-state index in [4.69, 9.17) is 0 Å². The summed E-state index contributed by atoms with van der Waals surface area (Å²) in [6.45, 7) is 5.88. The fourth-order valence-electron chi connectivity index (χ4n) is 2.21. The number of hydrogen-bond donors (Lipinski definition) is 1. The molecule has 1 aromatic rings. The van der Waals surface area contributed by atoms with E-state index < -0.39 is 0 Å². The van der Waals surface area contributed by atoms with Crippen molar-refractivity contribution in [1.29, 1.82) is 5.26 Å². The number of nitriles is 1. The Balaban J connectivity index is 2.97. The highest BCUT2D eigenvalue weighted by atomic mass is 15.2. The number of nitrogens with zero attached hydrogens (tertiary/aromatic N) is 3.